The van der Waals surface area contributed by atoms with Gasteiger partial charge in [0.25, 0.3) is 0 Å². The van der Waals surface area contributed by atoms with Crippen molar-refractivity contribution in [2.75, 3.05) is 13.2 Å². The van der Waals surface area contributed by atoms with Crippen LogP contribution in [0.3, 0.4) is 0 Å². The van der Waals surface area contributed by atoms with E-state index < -0.39 is 6.10 Å². The Morgan fingerprint density at radius 3 is 0.781 bits per heavy atom. The fraction of sp³-hybridized carbons (Fsp3) is 0.879. The van der Waals surface area contributed by atoms with Gasteiger partial charge in [-0.05, 0) is 70.6 Å². The lowest BCUT2D eigenvalue weighted by atomic mass is 10.0. The van der Waals surface area contributed by atoms with Gasteiger partial charge in [-0.1, -0.05) is 244 Å². The van der Waals surface area contributed by atoms with Crippen LogP contribution in [0, 0.1) is 0 Å². The van der Waals surface area contributed by atoms with Crippen LogP contribution in [0.15, 0.2) is 24.3 Å². The third-order valence-corrected chi connectivity index (χ3v) is 12.7. The maximum absolute atomic E-state index is 12.7. The third-order valence-electron chi connectivity index (χ3n) is 12.7. The molecule has 0 rings (SSSR count). The number of unbranched alkanes of at least 4 members (excludes halogenated alkanes) is 37. The highest BCUT2D eigenvalue weighted by atomic mass is 16.6. The maximum atomic E-state index is 12.7. The van der Waals surface area contributed by atoms with Crippen LogP contribution in [0.2, 0.25) is 0 Å². The molecule has 0 radical (unpaired) electrons. The fourth-order valence-electron chi connectivity index (χ4n) is 8.37. The Hall–Kier alpha value is -2.11. The predicted molar refractivity (Wildman–Crippen MR) is 275 cm³/mol. The molecule has 0 spiro atoms. The molecule has 0 aromatic carbocycles. The molecular formula is C58H108O6. The zero-order chi connectivity index (χ0) is 46.5. The number of carbonyl (C=O) groups is 3. The quantitative estimate of drug-likeness (QED) is 0.0262. The van der Waals surface area contributed by atoms with E-state index >= 15 is 0 Å². The first-order valence-corrected chi connectivity index (χ1v) is 28.3. The minimum absolute atomic E-state index is 0.0715. The number of hydrogen-bond acceptors (Lipinski definition) is 6. The van der Waals surface area contributed by atoms with Crippen molar-refractivity contribution in [3.05, 3.63) is 24.3 Å². The van der Waals surface area contributed by atoms with E-state index in [2.05, 4.69) is 45.1 Å². The molecule has 0 saturated heterocycles. The second-order valence-corrected chi connectivity index (χ2v) is 19.2. The van der Waals surface area contributed by atoms with Crippen LogP contribution in [0.5, 0.6) is 0 Å². The van der Waals surface area contributed by atoms with Gasteiger partial charge in [-0.2, -0.15) is 0 Å². The highest BCUT2D eigenvalue weighted by Crippen LogP contribution is 2.16. The van der Waals surface area contributed by atoms with Gasteiger partial charge in [0.15, 0.2) is 6.10 Å². The number of hydrogen-bond donors (Lipinski definition) is 0. The second-order valence-electron chi connectivity index (χ2n) is 19.2. The topological polar surface area (TPSA) is 78.9 Å². The van der Waals surface area contributed by atoms with Crippen LogP contribution < -0.4 is 0 Å². The van der Waals surface area contributed by atoms with E-state index in [0.717, 1.165) is 70.6 Å². The smallest absolute Gasteiger partial charge is 0.306 e. The van der Waals surface area contributed by atoms with Gasteiger partial charge in [-0.3, -0.25) is 14.4 Å². The molecule has 0 fully saturated rings. The maximum Gasteiger partial charge on any atom is 0.306 e. The van der Waals surface area contributed by atoms with E-state index in [1.54, 1.807) is 0 Å². The number of allylic oxidation sites excluding steroid dienone is 4. The predicted octanol–water partition coefficient (Wildman–Crippen LogP) is 18.7. The molecule has 6 nitrogen and oxygen atoms in total. The van der Waals surface area contributed by atoms with Gasteiger partial charge in [0.1, 0.15) is 13.2 Å². The van der Waals surface area contributed by atoms with Crippen LogP contribution in [0.4, 0.5) is 0 Å². The van der Waals surface area contributed by atoms with Crippen LogP contribution >= 0.6 is 0 Å². The molecule has 376 valence electrons. The molecule has 0 aliphatic rings. The average molecular weight is 901 g/mol. The fourth-order valence-corrected chi connectivity index (χ4v) is 8.37. The largest absolute Gasteiger partial charge is 0.462 e. The van der Waals surface area contributed by atoms with E-state index in [1.807, 2.05) is 0 Å². The molecule has 0 aliphatic heterocycles. The van der Waals surface area contributed by atoms with Crippen LogP contribution in [0.1, 0.15) is 310 Å². The summed E-state index contributed by atoms with van der Waals surface area (Å²) in [6.45, 7) is 6.57. The van der Waals surface area contributed by atoms with Crippen molar-refractivity contribution in [3.8, 4) is 0 Å². The van der Waals surface area contributed by atoms with Gasteiger partial charge in [-0.15, -0.1) is 0 Å². The van der Waals surface area contributed by atoms with E-state index in [4.69, 9.17) is 14.2 Å². The standard InChI is InChI=1S/C58H108O6/c1-4-7-10-13-15-17-19-21-23-24-25-26-27-28-29-30-31-32-33-34-35-37-38-40-42-45-48-51-57(60)63-54-55(53-62-56(59)50-47-44-12-9-6-3)64-58(61)52-49-46-43-41-39-36-22-20-18-16-14-11-8-5-2/h20,22,24-25,55H,4-19,21,23,26-54H2,1-3H3/b22-20-,25-24-. The number of esters is 3. The Labute approximate surface area is 398 Å². The highest BCUT2D eigenvalue weighted by Gasteiger charge is 2.19. The lowest BCUT2D eigenvalue weighted by Crippen LogP contribution is -2.30. The first-order valence-electron chi connectivity index (χ1n) is 28.3. The molecule has 1 atom stereocenters. The van der Waals surface area contributed by atoms with Crippen molar-refractivity contribution >= 4 is 17.9 Å². The zero-order valence-electron chi connectivity index (χ0n) is 43.1. The molecular weight excluding hydrogens is 793 g/mol. The van der Waals surface area contributed by atoms with Crippen molar-refractivity contribution in [2.24, 2.45) is 0 Å². The molecule has 0 aromatic rings. The molecule has 1 unspecified atom stereocenters. The van der Waals surface area contributed by atoms with Crippen molar-refractivity contribution in [1.29, 1.82) is 0 Å². The van der Waals surface area contributed by atoms with Gasteiger partial charge >= 0.3 is 17.9 Å². The summed E-state index contributed by atoms with van der Waals surface area (Å²) in [5.41, 5.74) is 0. The molecule has 0 heterocycles. The average Bonchev–Trinajstić information content (AvgIpc) is 3.29. The molecule has 64 heavy (non-hydrogen) atoms. The molecule has 6 heteroatoms. The lowest BCUT2D eigenvalue weighted by Gasteiger charge is -2.18. The molecule has 0 N–H and O–H groups in total. The summed E-state index contributed by atoms with van der Waals surface area (Å²) in [7, 11) is 0. The van der Waals surface area contributed by atoms with E-state index in [0.29, 0.717) is 19.3 Å². The molecule has 0 bridgehead atoms. The third kappa shape index (κ3) is 50.9. The molecule has 0 aliphatic carbocycles. The van der Waals surface area contributed by atoms with E-state index in [1.165, 1.54) is 199 Å². The summed E-state index contributed by atoms with van der Waals surface area (Å²) in [5.74, 6) is -0.881. The Morgan fingerprint density at radius 2 is 0.516 bits per heavy atom. The lowest BCUT2D eigenvalue weighted by molar-refractivity contribution is -0.167. The Balaban J connectivity index is 3.98. The number of carbonyl (C=O) groups excluding carboxylic acids is 3. The van der Waals surface area contributed by atoms with Crippen molar-refractivity contribution in [2.45, 2.75) is 316 Å². The second kappa shape index (κ2) is 53.5. The van der Waals surface area contributed by atoms with Crippen molar-refractivity contribution in [1.82, 2.24) is 0 Å². The first-order chi connectivity index (χ1) is 31.5. The summed E-state index contributed by atoms with van der Waals surface area (Å²) in [4.78, 5) is 37.7. The number of ether oxygens (including phenoxy) is 3. The number of rotatable bonds is 52. The minimum Gasteiger partial charge on any atom is -0.462 e. The summed E-state index contributed by atoms with van der Waals surface area (Å²) in [5, 5.41) is 0. The molecule has 0 saturated carbocycles. The van der Waals surface area contributed by atoms with Gasteiger partial charge < -0.3 is 14.2 Å². The van der Waals surface area contributed by atoms with Crippen LogP contribution in [-0.4, -0.2) is 37.2 Å². The Kier molecular flexibility index (Phi) is 51.7. The molecule has 0 aromatic heterocycles. The van der Waals surface area contributed by atoms with Gasteiger partial charge in [0, 0.05) is 19.3 Å². The van der Waals surface area contributed by atoms with Crippen molar-refractivity contribution in [3.63, 3.8) is 0 Å². The normalized spacial score (nSPS) is 12.1. The van der Waals surface area contributed by atoms with E-state index in [9.17, 15) is 14.4 Å². The summed E-state index contributed by atoms with van der Waals surface area (Å²) < 4.78 is 16.7. The first kappa shape index (κ1) is 61.9. The summed E-state index contributed by atoms with van der Waals surface area (Å²) in [6.07, 6.45) is 62.3. The van der Waals surface area contributed by atoms with Crippen LogP contribution in [0.25, 0.3) is 0 Å². The highest BCUT2D eigenvalue weighted by molar-refractivity contribution is 5.71. The van der Waals surface area contributed by atoms with Crippen LogP contribution in [-0.2, 0) is 28.6 Å². The molecule has 0 amide bonds. The van der Waals surface area contributed by atoms with Gasteiger partial charge in [0.05, 0.1) is 0 Å². The van der Waals surface area contributed by atoms with Gasteiger partial charge in [0.2, 0.25) is 0 Å². The van der Waals surface area contributed by atoms with Crippen molar-refractivity contribution < 1.29 is 28.6 Å². The Morgan fingerprint density at radius 1 is 0.297 bits per heavy atom. The minimum atomic E-state index is -0.768. The monoisotopic (exact) mass is 901 g/mol. The zero-order valence-corrected chi connectivity index (χ0v) is 43.1. The summed E-state index contributed by atoms with van der Waals surface area (Å²) in [6, 6.07) is 0. The van der Waals surface area contributed by atoms with E-state index in [-0.39, 0.29) is 31.1 Å². The summed E-state index contributed by atoms with van der Waals surface area (Å²) >= 11 is 0. The van der Waals surface area contributed by atoms with Gasteiger partial charge in [-0.25, -0.2) is 0 Å². The Bertz CT molecular complexity index is 1040. The SMILES string of the molecule is CCCCCCC/C=C\CCCCCCCC(=O)OC(COC(=O)CCCCCCC)COC(=O)CCCCCCCCCCCCCCCCC/C=C\CCCCCCCCCC.